The highest BCUT2D eigenvalue weighted by molar-refractivity contribution is 5.74. The van der Waals surface area contributed by atoms with Gasteiger partial charge in [0.1, 0.15) is 5.82 Å². The lowest BCUT2D eigenvalue weighted by Gasteiger charge is -2.18. The van der Waals surface area contributed by atoms with Crippen LogP contribution in [0.4, 0.5) is 4.39 Å². The van der Waals surface area contributed by atoms with E-state index in [1.807, 2.05) is 6.07 Å². The predicted molar refractivity (Wildman–Crippen MR) is 61.9 cm³/mol. The number of halogens is 1. The molecule has 3 nitrogen and oxygen atoms in total. The molecule has 1 aliphatic rings. The van der Waals surface area contributed by atoms with E-state index in [0.29, 0.717) is 6.61 Å². The Bertz CT molecular complexity index is 408. The third-order valence-electron chi connectivity index (χ3n) is 3.02. The van der Waals surface area contributed by atoms with Gasteiger partial charge in [0.25, 0.3) is 0 Å². The van der Waals surface area contributed by atoms with Crippen molar-refractivity contribution < 1.29 is 13.9 Å². The summed E-state index contributed by atoms with van der Waals surface area (Å²) in [6, 6.07) is 6.22. The maximum atomic E-state index is 13.2. The normalized spacial score (nSPS) is 23.6. The summed E-state index contributed by atoms with van der Waals surface area (Å²) >= 11 is 0. The monoisotopic (exact) mass is 237 g/mol. The van der Waals surface area contributed by atoms with Crippen molar-refractivity contribution in [2.45, 2.75) is 19.4 Å². The predicted octanol–water partition coefficient (Wildman–Crippen LogP) is 2.04. The zero-order valence-corrected chi connectivity index (χ0v) is 9.78. The fraction of sp³-hybridized carbons (Fsp3) is 0.462. The van der Waals surface area contributed by atoms with Gasteiger partial charge in [-0.05, 0) is 37.6 Å². The van der Waals surface area contributed by atoms with E-state index in [4.69, 9.17) is 4.74 Å². The zero-order valence-electron chi connectivity index (χ0n) is 9.78. The van der Waals surface area contributed by atoms with Gasteiger partial charge in [0, 0.05) is 6.04 Å². The van der Waals surface area contributed by atoms with Gasteiger partial charge in [-0.15, -0.1) is 0 Å². The van der Waals surface area contributed by atoms with E-state index in [0.717, 1.165) is 18.5 Å². The summed E-state index contributed by atoms with van der Waals surface area (Å²) in [4.78, 5) is 11.8. The van der Waals surface area contributed by atoms with Gasteiger partial charge in [-0.1, -0.05) is 12.1 Å². The smallest absolute Gasteiger partial charge is 0.310 e. The summed E-state index contributed by atoms with van der Waals surface area (Å²) in [6.45, 7) is 2.92. The third-order valence-corrected chi connectivity index (χ3v) is 3.02. The van der Waals surface area contributed by atoms with Crippen LogP contribution in [-0.4, -0.2) is 19.1 Å². The number of ether oxygens (including phenoxy) is 1. The van der Waals surface area contributed by atoms with E-state index in [1.165, 1.54) is 12.1 Å². The topological polar surface area (TPSA) is 38.3 Å². The Morgan fingerprint density at radius 2 is 2.41 bits per heavy atom. The van der Waals surface area contributed by atoms with E-state index >= 15 is 0 Å². The van der Waals surface area contributed by atoms with Gasteiger partial charge in [-0.25, -0.2) is 4.39 Å². The zero-order chi connectivity index (χ0) is 12.3. The number of carbonyl (C=O) groups is 1. The van der Waals surface area contributed by atoms with E-state index < -0.39 is 0 Å². The number of benzene rings is 1. The molecule has 4 heteroatoms. The largest absolute Gasteiger partial charge is 0.466 e. The molecule has 1 saturated heterocycles. The molecular weight excluding hydrogens is 221 g/mol. The van der Waals surface area contributed by atoms with Gasteiger partial charge in [0.05, 0.1) is 12.5 Å². The molecule has 0 aliphatic carbocycles. The SMILES string of the molecule is CCOC(=O)[C@@H]1CCN[C@H]1c1cccc(F)c1. The summed E-state index contributed by atoms with van der Waals surface area (Å²) < 4.78 is 18.2. The van der Waals surface area contributed by atoms with E-state index in [9.17, 15) is 9.18 Å². The molecule has 1 aromatic rings. The van der Waals surface area contributed by atoms with Gasteiger partial charge in [-0.2, -0.15) is 0 Å². The summed E-state index contributed by atoms with van der Waals surface area (Å²) in [7, 11) is 0. The second kappa shape index (κ2) is 5.27. The van der Waals surface area contributed by atoms with Crippen molar-refractivity contribution in [1.29, 1.82) is 0 Å². The Hall–Kier alpha value is -1.42. The highest BCUT2D eigenvalue weighted by Gasteiger charge is 2.34. The highest BCUT2D eigenvalue weighted by Crippen LogP contribution is 2.30. The first-order valence-corrected chi connectivity index (χ1v) is 5.88. The van der Waals surface area contributed by atoms with E-state index in [2.05, 4.69) is 5.32 Å². The van der Waals surface area contributed by atoms with Crippen molar-refractivity contribution in [3.8, 4) is 0 Å². The Labute approximate surface area is 100.0 Å². The van der Waals surface area contributed by atoms with Crippen molar-refractivity contribution in [2.75, 3.05) is 13.2 Å². The number of esters is 1. The fourth-order valence-corrected chi connectivity index (χ4v) is 2.26. The molecule has 1 heterocycles. The quantitative estimate of drug-likeness (QED) is 0.817. The summed E-state index contributed by atoms with van der Waals surface area (Å²) in [6.07, 6.45) is 0.736. The molecule has 1 aliphatic heterocycles. The molecule has 0 aromatic heterocycles. The molecule has 0 spiro atoms. The number of hydrogen-bond donors (Lipinski definition) is 1. The molecule has 92 valence electrons. The number of hydrogen-bond acceptors (Lipinski definition) is 3. The van der Waals surface area contributed by atoms with Crippen molar-refractivity contribution in [2.24, 2.45) is 5.92 Å². The van der Waals surface area contributed by atoms with Crippen molar-refractivity contribution in [1.82, 2.24) is 5.32 Å². The first kappa shape index (κ1) is 12.0. The van der Waals surface area contributed by atoms with Crippen LogP contribution in [0, 0.1) is 11.7 Å². The minimum atomic E-state index is -0.279. The lowest BCUT2D eigenvalue weighted by molar-refractivity contribution is -0.148. The Morgan fingerprint density at radius 3 is 3.12 bits per heavy atom. The fourth-order valence-electron chi connectivity index (χ4n) is 2.26. The van der Waals surface area contributed by atoms with Gasteiger partial charge in [0.2, 0.25) is 0 Å². The maximum Gasteiger partial charge on any atom is 0.310 e. The van der Waals surface area contributed by atoms with Crippen molar-refractivity contribution in [3.05, 3.63) is 35.6 Å². The van der Waals surface area contributed by atoms with Crippen molar-refractivity contribution in [3.63, 3.8) is 0 Å². The summed E-state index contributed by atoms with van der Waals surface area (Å²) in [5.41, 5.74) is 0.806. The van der Waals surface area contributed by atoms with Crippen LogP contribution in [-0.2, 0) is 9.53 Å². The van der Waals surface area contributed by atoms with Crippen molar-refractivity contribution >= 4 is 5.97 Å². The van der Waals surface area contributed by atoms with E-state index in [-0.39, 0.29) is 23.7 Å². The number of nitrogens with one attached hydrogen (secondary N) is 1. The van der Waals surface area contributed by atoms with Crippen LogP contribution in [0.3, 0.4) is 0 Å². The van der Waals surface area contributed by atoms with Crippen LogP contribution in [0.25, 0.3) is 0 Å². The molecule has 2 rings (SSSR count). The Kier molecular flexibility index (Phi) is 3.74. The standard InChI is InChI=1S/C13H16FNO2/c1-2-17-13(16)11-6-7-15-12(11)9-4-3-5-10(14)8-9/h3-5,8,11-12,15H,2,6-7H2,1H3/t11-,12+/m1/s1. The minimum Gasteiger partial charge on any atom is -0.466 e. The lowest BCUT2D eigenvalue weighted by Crippen LogP contribution is -2.25. The Morgan fingerprint density at radius 1 is 1.59 bits per heavy atom. The van der Waals surface area contributed by atoms with Crippen LogP contribution in [0.1, 0.15) is 24.9 Å². The first-order chi connectivity index (χ1) is 8.22. The van der Waals surface area contributed by atoms with Crippen LogP contribution in [0.5, 0.6) is 0 Å². The molecular formula is C13H16FNO2. The van der Waals surface area contributed by atoms with Gasteiger partial charge < -0.3 is 10.1 Å². The lowest BCUT2D eigenvalue weighted by atomic mass is 9.94. The van der Waals surface area contributed by atoms with Crippen LogP contribution >= 0.6 is 0 Å². The third kappa shape index (κ3) is 2.64. The second-order valence-corrected chi connectivity index (χ2v) is 4.13. The van der Waals surface area contributed by atoms with E-state index in [1.54, 1.807) is 13.0 Å². The molecule has 1 fully saturated rings. The van der Waals surface area contributed by atoms with Gasteiger partial charge >= 0.3 is 5.97 Å². The summed E-state index contributed by atoms with van der Waals surface area (Å²) in [5.74, 6) is -0.692. The molecule has 2 atom stereocenters. The molecule has 1 aromatic carbocycles. The molecule has 17 heavy (non-hydrogen) atoms. The van der Waals surface area contributed by atoms with Crippen LogP contribution in [0.2, 0.25) is 0 Å². The minimum absolute atomic E-state index is 0.134. The number of rotatable bonds is 3. The Balaban J connectivity index is 2.17. The summed E-state index contributed by atoms with van der Waals surface area (Å²) in [5, 5.41) is 3.22. The molecule has 0 bridgehead atoms. The average Bonchev–Trinajstić information content (AvgIpc) is 2.78. The molecule has 0 unspecified atom stereocenters. The molecule has 0 saturated carbocycles. The van der Waals surface area contributed by atoms with Gasteiger partial charge in [0.15, 0.2) is 0 Å². The maximum absolute atomic E-state index is 13.2. The molecule has 0 amide bonds. The van der Waals surface area contributed by atoms with Crippen LogP contribution < -0.4 is 5.32 Å². The van der Waals surface area contributed by atoms with Gasteiger partial charge in [-0.3, -0.25) is 4.79 Å². The number of carbonyl (C=O) groups excluding carboxylic acids is 1. The van der Waals surface area contributed by atoms with Crippen LogP contribution in [0.15, 0.2) is 24.3 Å². The first-order valence-electron chi connectivity index (χ1n) is 5.88. The second-order valence-electron chi connectivity index (χ2n) is 4.13. The molecule has 0 radical (unpaired) electrons. The molecule has 1 N–H and O–H groups in total. The average molecular weight is 237 g/mol. The highest BCUT2D eigenvalue weighted by atomic mass is 19.1.